The summed E-state index contributed by atoms with van der Waals surface area (Å²) in [5.41, 5.74) is 4.83. The molecule has 0 aliphatic carbocycles. The minimum Gasteiger partial charge on any atom is -0.326 e. The lowest BCUT2D eigenvalue weighted by atomic mass is 9.92. The Kier molecular flexibility index (Phi) is 5.73. The lowest BCUT2D eigenvalue weighted by Crippen LogP contribution is -2.25. The Hall–Kier alpha value is -2.82. The number of anilines is 1. The maximum Gasteiger partial charge on any atom is 0.328 e. The van der Waals surface area contributed by atoms with Gasteiger partial charge in [-0.15, -0.1) is 0 Å². The Labute approximate surface area is 166 Å². The van der Waals surface area contributed by atoms with E-state index in [0.717, 1.165) is 27.8 Å². The molecule has 0 unspecified atom stereocenters. The Balaban J connectivity index is 1.83. The van der Waals surface area contributed by atoms with Gasteiger partial charge in [0.1, 0.15) is 0 Å². The molecule has 5 nitrogen and oxygen atoms in total. The Bertz CT molecular complexity index is 1030. The highest BCUT2D eigenvalue weighted by atomic mass is 16.2. The lowest BCUT2D eigenvalue weighted by Gasteiger charge is -2.20. The summed E-state index contributed by atoms with van der Waals surface area (Å²) in [6.45, 7) is 8.87. The smallest absolute Gasteiger partial charge is 0.326 e. The number of hydrogen-bond donors (Lipinski definition) is 1. The normalized spacial score (nSPS) is 11.5. The molecular weight excluding hydrogens is 350 g/mol. The first-order valence-electron chi connectivity index (χ1n) is 9.88. The first-order valence-corrected chi connectivity index (χ1v) is 9.88. The van der Waals surface area contributed by atoms with Gasteiger partial charge in [0.2, 0.25) is 5.91 Å². The van der Waals surface area contributed by atoms with Crippen LogP contribution in [0.5, 0.6) is 0 Å². The number of imidazole rings is 1. The van der Waals surface area contributed by atoms with E-state index in [2.05, 4.69) is 51.2 Å². The monoisotopic (exact) mass is 379 g/mol. The van der Waals surface area contributed by atoms with Crippen molar-refractivity contribution in [3.63, 3.8) is 0 Å². The van der Waals surface area contributed by atoms with Crippen LogP contribution in [0.4, 0.5) is 5.69 Å². The summed E-state index contributed by atoms with van der Waals surface area (Å²) in [6, 6.07) is 13.8. The molecule has 148 valence electrons. The highest BCUT2D eigenvalue weighted by molar-refractivity contribution is 5.92. The van der Waals surface area contributed by atoms with E-state index in [9.17, 15) is 9.59 Å². The highest BCUT2D eigenvalue weighted by Gasteiger charge is 2.17. The quantitative estimate of drug-likeness (QED) is 0.680. The molecule has 0 bridgehead atoms. The molecule has 1 aromatic heterocycles. The van der Waals surface area contributed by atoms with Gasteiger partial charge in [0, 0.05) is 25.7 Å². The lowest BCUT2D eigenvalue weighted by molar-refractivity contribution is -0.116. The van der Waals surface area contributed by atoms with Crippen molar-refractivity contribution >= 4 is 22.6 Å². The van der Waals surface area contributed by atoms with E-state index in [1.54, 1.807) is 16.2 Å². The fourth-order valence-corrected chi connectivity index (χ4v) is 3.69. The fourth-order valence-electron chi connectivity index (χ4n) is 3.69. The zero-order valence-corrected chi connectivity index (χ0v) is 17.3. The topological polar surface area (TPSA) is 56.0 Å². The number of fused-ring (bicyclic) bond motifs is 1. The number of carbonyl (C=O) groups excluding carboxylic acids is 1. The summed E-state index contributed by atoms with van der Waals surface area (Å²) >= 11 is 0. The van der Waals surface area contributed by atoms with Crippen LogP contribution in [0.1, 0.15) is 57.1 Å². The number of rotatable bonds is 6. The van der Waals surface area contributed by atoms with E-state index in [0.29, 0.717) is 18.4 Å². The molecule has 0 aliphatic rings. The van der Waals surface area contributed by atoms with Crippen molar-refractivity contribution in [3.05, 3.63) is 64.1 Å². The number of hydrogen-bond acceptors (Lipinski definition) is 2. The van der Waals surface area contributed by atoms with Gasteiger partial charge in [-0.05, 0) is 35.1 Å². The maximum atomic E-state index is 12.8. The van der Waals surface area contributed by atoms with Crippen molar-refractivity contribution in [2.45, 2.75) is 52.5 Å². The number of aryl methyl sites for hydroxylation is 2. The second-order valence-corrected chi connectivity index (χ2v) is 7.90. The van der Waals surface area contributed by atoms with Crippen LogP contribution in [0.3, 0.4) is 0 Å². The zero-order chi connectivity index (χ0) is 20.4. The molecule has 3 aromatic rings. The minimum absolute atomic E-state index is 0.0742. The van der Waals surface area contributed by atoms with Crippen LogP contribution in [-0.2, 0) is 18.4 Å². The summed E-state index contributed by atoms with van der Waals surface area (Å²) in [5.74, 6) is 0.555. The third-order valence-corrected chi connectivity index (χ3v) is 5.25. The average Bonchev–Trinajstić information content (AvgIpc) is 2.90. The van der Waals surface area contributed by atoms with Gasteiger partial charge in [0.05, 0.1) is 11.0 Å². The highest BCUT2D eigenvalue weighted by Crippen LogP contribution is 2.32. The van der Waals surface area contributed by atoms with Crippen molar-refractivity contribution in [1.29, 1.82) is 0 Å². The molecule has 1 N–H and O–H groups in total. The number of benzene rings is 2. The van der Waals surface area contributed by atoms with E-state index in [4.69, 9.17) is 0 Å². The SMILES string of the molecule is CC(C)c1cccc(C(C)C)c1NC(=O)CCn1c(=O)n(C)c2ccccc21. The number of para-hydroxylation sites is 3. The van der Waals surface area contributed by atoms with Gasteiger partial charge in [0.15, 0.2) is 0 Å². The van der Waals surface area contributed by atoms with Gasteiger partial charge in [-0.25, -0.2) is 4.79 Å². The van der Waals surface area contributed by atoms with E-state index in [-0.39, 0.29) is 18.0 Å². The third kappa shape index (κ3) is 3.75. The molecule has 2 aromatic carbocycles. The van der Waals surface area contributed by atoms with Crippen molar-refractivity contribution in [1.82, 2.24) is 9.13 Å². The molecule has 5 heteroatoms. The zero-order valence-electron chi connectivity index (χ0n) is 17.3. The Morgan fingerprint density at radius 2 is 1.50 bits per heavy atom. The van der Waals surface area contributed by atoms with Gasteiger partial charge >= 0.3 is 5.69 Å². The molecule has 0 radical (unpaired) electrons. The van der Waals surface area contributed by atoms with Crippen LogP contribution in [0.15, 0.2) is 47.3 Å². The number of amides is 1. The van der Waals surface area contributed by atoms with Crippen LogP contribution in [-0.4, -0.2) is 15.0 Å². The van der Waals surface area contributed by atoms with Crippen LogP contribution in [0.25, 0.3) is 11.0 Å². The molecule has 28 heavy (non-hydrogen) atoms. The molecule has 3 rings (SSSR count). The molecule has 0 saturated carbocycles. The minimum atomic E-state index is -0.0977. The molecule has 1 heterocycles. The average molecular weight is 380 g/mol. The van der Waals surface area contributed by atoms with E-state index >= 15 is 0 Å². The van der Waals surface area contributed by atoms with Crippen molar-refractivity contribution < 1.29 is 4.79 Å². The van der Waals surface area contributed by atoms with Gasteiger partial charge in [-0.2, -0.15) is 0 Å². The maximum absolute atomic E-state index is 12.8. The van der Waals surface area contributed by atoms with Crippen molar-refractivity contribution in [2.24, 2.45) is 7.05 Å². The number of nitrogens with zero attached hydrogens (tertiary/aromatic N) is 2. The Morgan fingerprint density at radius 3 is 2.07 bits per heavy atom. The summed E-state index contributed by atoms with van der Waals surface area (Å²) < 4.78 is 3.30. The molecule has 0 atom stereocenters. The van der Waals surface area contributed by atoms with Crippen molar-refractivity contribution in [3.8, 4) is 0 Å². The fraction of sp³-hybridized carbons (Fsp3) is 0.391. The molecular formula is C23H29N3O2. The van der Waals surface area contributed by atoms with E-state index < -0.39 is 0 Å². The molecule has 0 spiro atoms. The van der Waals surface area contributed by atoms with E-state index in [1.807, 2.05) is 24.3 Å². The molecule has 0 saturated heterocycles. The standard InChI is InChI=1S/C23H29N3O2/c1-15(2)17-9-8-10-18(16(3)4)22(17)24-21(27)13-14-26-20-12-7-6-11-19(20)25(5)23(26)28/h6-12,15-16H,13-14H2,1-5H3,(H,24,27). The summed E-state index contributed by atoms with van der Waals surface area (Å²) in [4.78, 5) is 25.3. The third-order valence-electron chi connectivity index (χ3n) is 5.25. The molecule has 0 aliphatic heterocycles. The number of nitrogens with one attached hydrogen (secondary N) is 1. The van der Waals surface area contributed by atoms with E-state index in [1.165, 1.54) is 0 Å². The number of aromatic nitrogens is 2. The van der Waals surface area contributed by atoms with Gasteiger partial charge < -0.3 is 5.32 Å². The largest absolute Gasteiger partial charge is 0.328 e. The summed E-state index contributed by atoms with van der Waals surface area (Å²) in [5, 5.41) is 3.13. The number of carbonyl (C=O) groups is 1. The van der Waals surface area contributed by atoms with Crippen LogP contribution in [0, 0.1) is 0 Å². The van der Waals surface area contributed by atoms with Gasteiger partial charge in [-0.3, -0.25) is 13.9 Å². The van der Waals surface area contributed by atoms with Crippen LogP contribution >= 0.6 is 0 Å². The van der Waals surface area contributed by atoms with Crippen LogP contribution < -0.4 is 11.0 Å². The second-order valence-electron chi connectivity index (χ2n) is 7.90. The van der Waals surface area contributed by atoms with Crippen molar-refractivity contribution in [2.75, 3.05) is 5.32 Å². The van der Waals surface area contributed by atoms with Gasteiger partial charge in [0.25, 0.3) is 0 Å². The first-order chi connectivity index (χ1) is 13.3. The molecule has 0 fully saturated rings. The summed E-state index contributed by atoms with van der Waals surface area (Å²) in [6.07, 6.45) is 0.248. The second kappa shape index (κ2) is 8.05. The first kappa shape index (κ1) is 19.9. The predicted octanol–water partition coefficient (Wildman–Crippen LogP) is 4.62. The Morgan fingerprint density at radius 1 is 0.929 bits per heavy atom. The summed E-state index contributed by atoms with van der Waals surface area (Å²) in [7, 11) is 1.76. The van der Waals surface area contributed by atoms with Crippen LogP contribution in [0.2, 0.25) is 0 Å². The van der Waals surface area contributed by atoms with Gasteiger partial charge in [-0.1, -0.05) is 58.0 Å². The molecule has 1 amide bonds. The predicted molar refractivity (Wildman–Crippen MR) is 115 cm³/mol.